The lowest BCUT2D eigenvalue weighted by Crippen LogP contribution is -1.91. The minimum absolute atomic E-state index is 0.0435. The Hall–Kier alpha value is -0.460. The molecule has 1 atom stereocenters. The first kappa shape index (κ1) is 9.63. The normalized spacial score (nSPS) is 15.2. The Bertz CT molecular complexity index is 286. The van der Waals surface area contributed by atoms with Gasteiger partial charge in [0.1, 0.15) is 11.4 Å². The molecule has 66 valence electrons. The average molecular weight is 205 g/mol. The van der Waals surface area contributed by atoms with Crippen LogP contribution < -0.4 is 4.52 Å². The lowest BCUT2D eigenvalue weighted by atomic mass is 10.3. The summed E-state index contributed by atoms with van der Waals surface area (Å²) in [5.41, 5.74) is 0.0435. The van der Waals surface area contributed by atoms with Gasteiger partial charge in [-0.1, -0.05) is 18.2 Å². The zero-order valence-electron chi connectivity index (χ0n) is 6.74. The van der Waals surface area contributed by atoms with Gasteiger partial charge >= 0.3 is 0 Å². The van der Waals surface area contributed by atoms with Crippen LogP contribution >= 0.6 is 19.0 Å². The summed E-state index contributed by atoms with van der Waals surface area (Å²) in [5.74, 6) is 0.601. The fourth-order valence-electron chi connectivity index (χ4n) is 0.729. The van der Waals surface area contributed by atoms with Gasteiger partial charge in [0.15, 0.2) is 0 Å². The SMILES string of the molecule is CP(=O)(CCl)Oc1ccccc1. The molecule has 0 heterocycles. The van der Waals surface area contributed by atoms with E-state index in [1.54, 1.807) is 12.1 Å². The fourth-order valence-corrected chi connectivity index (χ4v) is 1.49. The van der Waals surface area contributed by atoms with Gasteiger partial charge in [-0.15, -0.1) is 11.6 Å². The maximum atomic E-state index is 11.4. The van der Waals surface area contributed by atoms with E-state index in [1.807, 2.05) is 18.2 Å². The number of alkyl halides is 1. The van der Waals surface area contributed by atoms with Gasteiger partial charge in [-0.05, 0) is 12.1 Å². The molecule has 0 aromatic heterocycles. The molecule has 0 N–H and O–H groups in total. The average Bonchev–Trinajstić information content (AvgIpc) is 2.06. The molecule has 0 spiro atoms. The monoisotopic (exact) mass is 204 g/mol. The Morgan fingerprint density at radius 2 is 2.00 bits per heavy atom. The predicted molar refractivity (Wildman–Crippen MR) is 51.3 cm³/mol. The zero-order valence-corrected chi connectivity index (χ0v) is 8.39. The van der Waals surface area contributed by atoms with Crippen molar-refractivity contribution in [2.45, 2.75) is 0 Å². The molecule has 1 aromatic carbocycles. The van der Waals surface area contributed by atoms with Crippen LogP contribution in [0.2, 0.25) is 0 Å². The van der Waals surface area contributed by atoms with Gasteiger partial charge in [0, 0.05) is 6.66 Å². The van der Waals surface area contributed by atoms with Gasteiger partial charge in [-0.25, -0.2) is 0 Å². The number of para-hydroxylation sites is 1. The molecule has 0 fully saturated rings. The number of benzene rings is 1. The Kier molecular flexibility index (Phi) is 3.19. The van der Waals surface area contributed by atoms with Crippen molar-refractivity contribution < 1.29 is 9.09 Å². The number of rotatable bonds is 3. The molecule has 0 radical (unpaired) electrons. The second-order valence-electron chi connectivity index (χ2n) is 2.54. The molecule has 1 aromatic rings. The summed E-state index contributed by atoms with van der Waals surface area (Å²) in [6.45, 7) is 1.52. The maximum absolute atomic E-state index is 11.4. The summed E-state index contributed by atoms with van der Waals surface area (Å²) in [4.78, 5) is 0. The van der Waals surface area contributed by atoms with E-state index in [9.17, 15) is 4.57 Å². The van der Waals surface area contributed by atoms with Crippen molar-refractivity contribution in [3.8, 4) is 5.75 Å². The molecule has 0 bridgehead atoms. The Labute approximate surface area is 77.0 Å². The number of hydrogen-bond acceptors (Lipinski definition) is 2. The summed E-state index contributed by atoms with van der Waals surface area (Å²) in [6.07, 6.45) is 0. The minimum atomic E-state index is -2.63. The molecule has 2 nitrogen and oxygen atoms in total. The van der Waals surface area contributed by atoms with Crippen molar-refractivity contribution >= 4 is 19.0 Å². The molecule has 4 heteroatoms. The standard InChI is InChI=1S/C8H10ClO2P/c1-12(10,7-9)11-8-5-3-2-4-6-8/h2-6H,7H2,1H3. The summed E-state index contributed by atoms with van der Waals surface area (Å²) in [5, 5.41) is 0. The summed E-state index contributed by atoms with van der Waals surface area (Å²) >= 11 is 5.45. The van der Waals surface area contributed by atoms with E-state index in [-0.39, 0.29) is 5.62 Å². The molecule has 0 amide bonds. The van der Waals surface area contributed by atoms with E-state index in [0.29, 0.717) is 5.75 Å². The molecular formula is C8H10ClO2P. The third-order valence-electron chi connectivity index (χ3n) is 1.26. The number of hydrogen-bond donors (Lipinski definition) is 0. The lowest BCUT2D eigenvalue weighted by Gasteiger charge is -2.11. The van der Waals surface area contributed by atoms with Gasteiger partial charge in [0.05, 0.1) is 0 Å². The molecule has 0 saturated carbocycles. The number of halogens is 1. The zero-order chi connectivity index (χ0) is 9.03. The highest BCUT2D eigenvalue weighted by Crippen LogP contribution is 2.43. The van der Waals surface area contributed by atoms with E-state index in [1.165, 1.54) is 6.66 Å². The van der Waals surface area contributed by atoms with E-state index in [4.69, 9.17) is 16.1 Å². The maximum Gasteiger partial charge on any atom is 0.259 e. The Morgan fingerprint density at radius 1 is 1.42 bits per heavy atom. The van der Waals surface area contributed by atoms with Crippen molar-refractivity contribution in [1.29, 1.82) is 0 Å². The predicted octanol–water partition coefficient (Wildman–Crippen LogP) is 3.17. The van der Waals surface area contributed by atoms with Crippen molar-refractivity contribution in [1.82, 2.24) is 0 Å². The molecule has 0 aliphatic heterocycles. The van der Waals surface area contributed by atoms with Crippen LogP contribution in [0.1, 0.15) is 0 Å². The smallest absolute Gasteiger partial charge is 0.259 e. The largest absolute Gasteiger partial charge is 0.442 e. The first-order valence-electron chi connectivity index (χ1n) is 3.51. The second kappa shape index (κ2) is 3.97. The van der Waals surface area contributed by atoms with E-state index < -0.39 is 7.37 Å². The molecular weight excluding hydrogens is 195 g/mol. The highest BCUT2D eigenvalue weighted by molar-refractivity contribution is 7.60. The van der Waals surface area contributed by atoms with Gasteiger partial charge in [0.25, 0.3) is 7.37 Å². The molecule has 0 aliphatic carbocycles. The summed E-state index contributed by atoms with van der Waals surface area (Å²) in [6, 6.07) is 9.02. The summed E-state index contributed by atoms with van der Waals surface area (Å²) in [7, 11) is -2.63. The van der Waals surface area contributed by atoms with E-state index >= 15 is 0 Å². The van der Waals surface area contributed by atoms with Crippen LogP contribution in [0, 0.1) is 0 Å². The third-order valence-corrected chi connectivity index (χ3v) is 3.59. The van der Waals surface area contributed by atoms with Crippen molar-refractivity contribution in [3.05, 3.63) is 30.3 Å². The van der Waals surface area contributed by atoms with Crippen LogP contribution in [0.4, 0.5) is 0 Å². The molecule has 0 aliphatic rings. The molecule has 0 saturated heterocycles. The molecule has 1 unspecified atom stereocenters. The highest BCUT2D eigenvalue weighted by Gasteiger charge is 2.14. The highest BCUT2D eigenvalue weighted by atomic mass is 35.5. The molecule has 1 rings (SSSR count). The molecule has 12 heavy (non-hydrogen) atoms. The lowest BCUT2D eigenvalue weighted by molar-refractivity contribution is 0.492. The quantitative estimate of drug-likeness (QED) is 0.558. The van der Waals surface area contributed by atoms with Crippen molar-refractivity contribution in [2.24, 2.45) is 0 Å². The minimum Gasteiger partial charge on any atom is -0.442 e. The first-order chi connectivity index (χ1) is 5.64. The van der Waals surface area contributed by atoms with Crippen LogP contribution in [-0.2, 0) is 4.57 Å². The van der Waals surface area contributed by atoms with Gasteiger partial charge in [-0.2, -0.15) is 0 Å². The van der Waals surface area contributed by atoms with Crippen LogP contribution in [-0.4, -0.2) is 12.3 Å². The van der Waals surface area contributed by atoms with Crippen LogP contribution in [0.3, 0.4) is 0 Å². The second-order valence-corrected chi connectivity index (χ2v) is 5.70. The van der Waals surface area contributed by atoms with E-state index in [2.05, 4.69) is 0 Å². The van der Waals surface area contributed by atoms with Crippen LogP contribution in [0.5, 0.6) is 5.75 Å². The van der Waals surface area contributed by atoms with Crippen LogP contribution in [0.25, 0.3) is 0 Å². The Morgan fingerprint density at radius 3 is 2.50 bits per heavy atom. The fraction of sp³-hybridized carbons (Fsp3) is 0.250. The van der Waals surface area contributed by atoms with Crippen LogP contribution in [0.15, 0.2) is 30.3 Å². The van der Waals surface area contributed by atoms with Gasteiger partial charge in [-0.3, -0.25) is 4.57 Å². The van der Waals surface area contributed by atoms with Gasteiger partial charge in [0.2, 0.25) is 0 Å². The third kappa shape index (κ3) is 2.88. The first-order valence-corrected chi connectivity index (χ1v) is 6.30. The topological polar surface area (TPSA) is 26.3 Å². The van der Waals surface area contributed by atoms with Crippen molar-refractivity contribution in [2.75, 3.05) is 12.3 Å². The van der Waals surface area contributed by atoms with Crippen molar-refractivity contribution in [3.63, 3.8) is 0 Å². The Balaban J connectivity index is 2.71. The van der Waals surface area contributed by atoms with E-state index in [0.717, 1.165) is 0 Å². The summed E-state index contributed by atoms with van der Waals surface area (Å²) < 4.78 is 16.6. The van der Waals surface area contributed by atoms with Gasteiger partial charge < -0.3 is 4.52 Å².